The molecule has 0 radical (unpaired) electrons. The number of carbonyl (C=O) groups excluding carboxylic acids is 2. The van der Waals surface area contributed by atoms with E-state index in [-0.39, 0.29) is 11.8 Å². The van der Waals surface area contributed by atoms with E-state index in [1.165, 1.54) is 16.8 Å². The second kappa shape index (κ2) is 27.6. The average molecular weight is 1110 g/mol. The maximum Gasteiger partial charge on any atom is 0.251 e. The summed E-state index contributed by atoms with van der Waals surface area (Å²) in [5.41, 5.74) is 22.1. The number of nitrogens with one attached hydrogen (secondary N) is 5. The number of unbranched alkanes of at least 4 members (excludes halogenated alkanes) is 6. The molecule has 1 aromatic heterocycles. The highest BCUT2D eigenvalue weighted by Crippen LogP contribution is 2.36. The fourth-order valence-corrected chi connectivity index (χ4v) is 10.8. The van der Waals surface area contributed by atoms with E-state index in [2.05, 4.69) is 194 Å². The molecule has 0 spiro atoms. The molecule has 7 aromatic carbocycles. The Labute approximate surface area is 491 Å². The first kappa shape index (κ1) is 58.6. The summed E-state index contributed by atoms with van der Waals surface area (Å²) >= 11 is 0. The number of rotatable bonds is 25. The molecule has 0 saturated carbocycles. The van der Waals surface area contributed by atoms with Crippen LogP contribution in [-0.4, -0.2) is 76.9 Å². The molecule has 2 amide bonds. The summed E-state index contributed by atoms with van der Waals surface area (Å²) in [5.74, 6) is -0.145. The smallest absolute Gasteiger partial charge is 0.251 e. The summed E-state index contributed by atoms with van der Waals surface area (Å²) in [6, 6.07) is 49.2. The van der Waals surface area contributed by atoms with Gasteiger partial charge in [-0.05, 0) is 165 Å². The number of allylic oxidation sites excluding steroid dienone is 4. The third kappa shape index (κ3) is 14.9. The number of nitrogens with zero attached hydrogens (tertiary/aromatic N) is 5. The van der Waals surface area contributed by atoms with Gasteiger partial charge in [0.15, 0.2) is 0 Å². The van der Waals surface area contributed by atoms with Crippen LogP contribution < -0.4 is 41.0 Å². The minimum Gasteiger partial charge on any atom is -0.385 e. The molecule has 1 aliphatic rings. The second-order valence-corrected chi connectivity index (χ2v) is 22.3. The summed E-state index contributed by atoms with van der Waals surface area (Å²) in [6.07, 6.45) is 12.2. The Hall–Kier alpha value is -9.03. The van der Waals surface area contributed by atoms with Crippen molar-refractivity contribution in [3.63, 3.8) is 0 Å². The van der Waals surface area contributed by atoms with Gasteiger partial charge in [-0.2, -0.15) is 0 Å². The number of aliphatic imine (C=N–C) groups is 1. The Balaban J connectivity index is 0.653. The SMILES string of the molecule is C=C1C=C(NCCCCCCNC(=O)c2ccc(-c3ccc(C(=O)NCCCCCCNc4cc5c(cc4C)nc4cc(C)c(N(C)C)cc4[n+]5-c4ccccc4)cc3)cc2)C(C)=C/C1=N/c1cc(C)c(N(C)C)cc1Nc1ccccc1. The number of anilines is 5. The van der Waals surface area contributed by atoms with E-state index in [1.54, 1.807) is 0 Å². The van der Waals surface area contributed by atoms with Crippen molar-refractivity contribution in [2.24, 2.45) is 4.99 Å². The summed E-state index contributed by atoms with van der Waals surface area (Å²) in [5, 5.41) is 17.1. The van der Waals surface area contributed by atoms with E-state index in [0.29, 0.717) is 24.2 Å². The Morgan fingerprint density at radius 2 is 1.04 bits per heavy atom. The average Bonchev–Trinajstić information content (AvgIpc) is 3.63. The van der Waals surface area contributed by atoms with Gasteiger partial charge in [-0.25, -0.2) is 9.98 Å². The molecular formula is C71H81N10O2+. The van der Waals surface area contributed by atoms with E-state index >= 15 is 0 Å². The molecule has 0 aliphatic heterocycles. The zero-order valence-corrected chi connectivity index (χ0v) is 49.8. The van der Waals surface area contributed by atoms with Gasteiger partial charge in [0.2, 0.25) is 16.7 Å². The van der Waals surface area contributed by atoms with Gasteiger partial charge in [0, 0.05) is 118 Å². The van der Waals surface area contributed by atoms with E-state index in [0.717, 1.165) is 160 Å². The van der Waals surface area contributed by atoms with Crippen molar-refractivity contribution in [3.8, 4) is 16.8 Å². The molecule has 12 heteroatoms. The molecule has 8 aromatic rings. The molecule has 83 heavy (non-hydrogen) atoms. The highest BCUT2D eigenvalue weighted by atomic mass is 16.2. The summed E-state index contributed by atoms with van der Waals surface area (Å²) < 4.78 is 2.33. The minimum atomic E-state index is -0.0739. The van der Waals surface area contributed by atoms with E-state index in [9.17, 15) is 9.59 Å². The van der Waals surface area contributed by atoms with Crippen molar-refractivity contribution in [2.45, 2.75) is 79.1 Å². The van der Waals surface area contributed by atoms with E-state index in [1.807, 2.05) is 66.7 Å². The highest BCUT2D eigenvalue weighted by Gasteiger charge is 2.23. The zero-order chi connectivity index (χ0) is 58.4. The first-order valence-corrected chi connectivity index (χ1v) is 29.3. The van der Waals surface area contributed by atoms with Crippen LogP contribution in [0.1, 0.15) is 95.7 Å². The van der Waals surface area contributed by atoms with Crippen molar-refractivity contribution >= 4 is 73.7 Å². The van der Waals surface area contributed by atoms with Crippen LogP contribution in [-0.2, 0) is 0 Å². The quantitative estimate of drug-likeness (QED) is 0.0217. The van der Waals surface area contributed by atoms with Gasteiger partial charge in [0.25, 0.3) is 11.8 Å². The lowest BCUT2D eigenvalue weighted by molar-refractivity contribution is -0.538. The molecule has 0 saturated heterocycles. The fraction of sp³-hybridized carbons (Fsp3) is 0.282. The van der Waals surface area contributed by atoms with Gasteiger partial charge in [-0.1, -0.05) is 92.9 Å². The van der Waals surface area contributed by atoms with Gasteiger partial charge in [-0.3, -0.25) is 9.59 Å². The molecule has 0 unspecified atom stereocenters. The van der Waals surface area contributed by atoms with Gasteiger partial charge in [0.05, 0.1) is 17.1 Å². The van der Waals surface area contributed by atoms with Crippen molar-refractivity contribution in [1.29, 1.82) is 0 Å². The normalized spacial score (nSPS) is 12.7. The number of benzene rings is 7. The fourth-order valence-electron chi connectivity index (χ4n) is 10.8. The number of carbonyl (C=O) groups is 2. The van der Waals surface area contributed by atoms with Crippen LogP contribution >= 0.6 is 0 Å². The maximum atomic E-state index is 13.1. The summed E-state index contributed by atoms with van der Waals surface area (Å²) in [6.45, 7) is 15.8. The van der Waals surface area contributed by atoms with Gasteiger partial charge in [-0.15, -0.1) is 4.57 Å². The van der Waals surface area contributed by atoms with Crippen LogP contribution in [0.3, 0.4) is 0 Å². The Morgan fingerprint density at radius 1 is 0.530 bits per heavy atom. The Kier molecular flexibility index (Phi) is 19.5. The monoisotopic (exact) mass is 1110 g/mol. The molecule has 5 N–H and O–H groups in total. The van der Waals surface area contributed by atoms with Crippen molar-refractivity contribution < 1.29 is 14.2 Å². The molecule has 1 aliphatic carbocycles. The molecule has 0 bridgehead atoms. The Morgan fingerprint density at radius 3 is 1.61 bits per heavy atom. The van der Waals surface area contributed by atoms with Crippen molar-refractivity contribution in [2.75, 3.05) is 74.8 Å². The molecule has 426 valence electrons. The van der Waals surface area contributed by atoms with Crippen LogP contribution in [0, 0.1) is 20.8 Å². The van der Waals surface area contributed by atoms with Crippen LogP contribution in [0.2, 0.25) is 0 Å². The molecule has 12 nitrogen and oxygen atoms in total. The number of hydrogen-bond donors (Lipinski definition) is 5. The predicted octanol–water partition coefficient (Wildman–Crippen LogP) is 14.6. The van der Waals surface area contributed by atoms with E-state index < -0.39 is 0 Å². The van der Waals surface area contributed by atoms with Crippen molar-refractivity contribution in [3.05, 3.63) is 209 Å². The number of hydrogen-bond acceptors (Lipinski definition) is 9. The lowest BCUT2D eigenvalue weighted by atomic mass is 9.98. The summed E-state index contributed by atoms with van der Waals surface area (Å²) in [7, 11) is 8.28. The van der Waals surface area contributed by atoms with Gasteiger partial charge < -0.3 is 36.4 Å². The lowest BCUT2D eigenvalue weighted by Gasteiger charge is -2.21. The molecule has 1 heterocycles. The molecular weight excluding hydrogens is 1020 g/mol. The van der Waals surface area contributed by atoms with Crippen LogP contribution in [0.4, 0.5) is 34.1 Å². The second-order valence-electron chi connectivity index (χ2n) is 22.3. The third-order valence-electron chi connectivity index (χ3n) is 15.4. The zero-order valence-electron chi connectivity index (χ0n) is 49.8. The molecule has 0 fully saturated rings. The number of aryl methyl sites for hydroxylation is 3. The van der Waals surface area contributed by atoms with Crippen LogP contribution in [0.5, 0.6) is 0 Å². The molecule has 0 atom stereocenters. The van der Waals surface area contributed by atoms with Gasteiger partial charge >= 0.3 is 0 Å². The summed E-state index contributed by atoms with van der Waals surface area (Å²) in [4.78, 5) is 40.6. The Bertz CT molecular complexity index is 3700. The largest absolute Gasteiger partial charge is 0.385 e. The van der Waals surface area contributed by atoms with Crippen LogP contribution in [0.15, 0.2) is 186 Å². The predicted molar refractivity (Wildman–Crippen MR) is 348 cm³/mol. The standard InChI is InChI=1S/C71H80N10O2/c1-48-41-61(77-62-43-51(4)66(79(6)7)46-63(62)76-57-24-16-14-17-25-57)50(3)40-59(48)72-36-20-10-12-22-38-74-70(82)55-32-28-53(29-33-55)54-30-34-56(35-31-54)71(83)75-39-23-13-11-21-37-73-60-45-68-64(42-49(60)2)78-65-44-52(5)67(80(8)9)47-69(65)81(68)58-26-18-15-19-27-58/h14-19,24-35,40-47,72,76H,3,10-13,20-23,36-39H2,1-2,4-9H3,(H2,74,75,82,83)/p+1/b77-61-. The van der Waals surface area contributed by atoms with Crippen molar-refractivity contribution in [1.82, 2.24) is 20.9 Å². The molecule has 9 rings (SSSR count). The topological polar surface area (TPSA) is 130 Å². The van der Waals surface area contributed by atoms with Gasteiger partial charge in [0.1, 0.15) is 11.0 Å². The number of fused-ring (bicyclic) bond motifs is 2. The third-order valence-corrected chi connectivity index (χ3v) is 15.4. The highest BCUT2D eigenvalue weighted by molar-refractivity contribution is 6.13. The number of para-hydroxylation sites is 2. The first-order valence-electron chi connectivity index (χ1n) is 29.3. The first-order chi connectivity index (χ1) is 40.2. The number of amides is 2. The lowest BCUT2D eigenvalue weighted by Crippen LogP contribution is -2.33. The van der Waals surface area contributed by atoms with Crippen LogP contribution in [0.25, 0.3) is 38.9 Å². The van der Waals surface area contributed by atoms with E-state index in [4.69, 9.17) is 9.98 Å². The maximum absolute atomic E-state index is 13.1. The minimum absolute atomic E-state index is 0.0709. The number of aromatic nitrogens is 2.